The number of nitrogens with two attached hydrogens (primary N) is 1. The van der Waals surface area contributed by atoms with Crippen molar-refractivity contribution < 1.29 is 23.1 Å². The maximum absolute atomic E-state index is 13.5. The summed E-state index contributed by atoms with van der Waals surface area (Å²) in [5.41, 5.74) is 7.07. The van der Waals surface area contributed by atoms with E-state index in [0.717, 1.165) is 0 Å². The molecular formula is C21H25N6O5P. The minimum Gasteiger partial charge on any atom is -0.468 e. The van der Waals surface area contributed by atoms with Gasteiger partial charge in [0.1, 0.15) is 23.6 Å². The van der Waals surface area contributed by atoms with E-state index in [1.807, 2.05) is 22.8 Å². The van der Waals surface area contributed by atoms with Crippen molar-refractivity contribution in [3.05, 3.63) is 55.1 Å². The number of esters is 1. The van der Waals surface area contributed by atoms with Crippen LogP contribution in [0.3, 0.4) is 0 Å². The second kappa shape index (κ2) is 9.70. The molecule has 0 saturated heterocycles. The fourth-order valence-electron chi connectivity index (χ4n) is 3.57. The van der Waals surface area contributed by atoms with Crippen LogP contribution in [-0.2, 0) is 18.6 Å². The van der Waals surface area contributed by atoms with Crippen LogP contribution in [0.1, 0.15) is 19.4 Å². The van der Waals surface area contributed by atoms with Crippen LogP contribution >= 0.6 is 7.75 Å². The van der Waals surface area contributed by atoms with E-state index >= 15 is 0 Å². The molecule has 11 nitrogen and oxygen atoms in total. The summed E-state index contributed by atoms with van der Waals surface area (Å²) in [5, 5.41) is 2.65. The molecular weight excluding hydrogens is 447 g/mol. The fourth-order valence-corrected chi connectivity index (χ4v) is 5.11. The molecule has 3 N–H and O–H groups in total. The van der Waals surface area contributed by atoms with E-state index in [-0.39, 0.29) is 18.6 Å². The Morgan fingerprint density at radius 3 is 2.82 bits per heavy atom. The smallest absolute Gasteiger partial charge is 0.459 e. The second-order valence-electron chi connectivity index (χ2n) is 7.60. The number of hydrogen-bond donors (Lipinski definition) is 2. The number of allylic oxidation sites excluding steroid dienone is 1. The van der Waals surface area contributed by atoms with Gasteiger partial charge >= 0.3 is 13.7 Å². The minimum atomic E-state index is -3.88. The number of hydrogen-bond acceptors (Lipinski definition) is 9. The van der Waals surface area contributed by atoms with Crippen molar-refractivity contribution >= 4 is 30.7 Å². The molecule has 0 saturated carbocycles. The molecule has 0 amide bonds. The number of carbonyl (C=O) groups excluding carboxylic acids is 1. The van der Waals surface area contributed by atoms with Gasteiger partial charge in [-0.2, -0.15) is 5.09 Å². The van der Waals surface area contributed by atoms with E-state index in [9.17, 15) is 9.36 Å². The zero-order chi connectivity index (χ0) is 23.4. The number of ether oxygens (including phenoxy) is 1. The Balaban J connectivity index is 1.44. The van der Waals surface area contributed by atoms with Crippen LogP contribution in [0.25, 0.3) is 11.2 Å². The predicted molar refractivity (Wildman–Crippen MR) is 121 cm³/mol. The van der Waals surface area contributed by atoms with Gasteiger partial charge in [0, 0.05) is 5.92 Å². The molecule has 3 aromatic rings. The SMILES string of the molecule is COC(=O)[C@H](C)NP(=O)(OC[C@@H]1C=C[C@H](n2cnc3c(N)ncnc32)C1)Oc1ccccc1. The molecule has 4 rings (SSSR count). The van der Waals surface area contributed by atoms with Crippen LogP contribution in [0, 0.1) is 5.92 Å². The van der Waals surface area contributed by atoms with Gasteiger partial charge in [0.25, 0.3) is 0 Å². The summed E-state index contributed by atoms with van der Waals surface area (Å²) in [7, 11) is -2.63. The number of rotatable bonds is 9. The topological polar surface area (TPSA) is 143 Å². The number of benzene rings is 1. The van der Waals surface area contributed by atoms with Gasteiger partial charge in [-0.15, -0.1) is 0 Å². The molecule has 174 valence electrons. The first-order chi connectivity index (χ1) is 15.9. The number of aromatic nitrogens is 4. The van der Waals surface area contributed by atoms with Gasteiger partial charge in [0.15, 0.2) is 11.5 Å². The lowest BCUT2D eigenvalue weighted by Crippen LogP contribution is -2.34. The van der Waals surface area contributed by atoms with Gasteiger partial charge in [-0.1, -0.05) is 30.4 Å². The van der Waals surface area contributed by atoms with E-state index in [4.69, 9.17) is 19.5 Å². The highest BCUT2D eigenvalue weighted by Crippen LogP contribution is 2.46. The van der Waals surface area contributed by atoms with Crippen molar-refractivity contribution in [2.75, 3.05) is 19.5 Å². The zero-order valence-electron chi connectivity index (χ0n) is 18.2. The van der Waals surface area contributed by atoms with Gasteiger partial charge < -0.3 is 19.6 Å². The maximum atomic E-state index is 13.5. The first kappa shape index (κ1) is 22.9. The lowest BCUT2D eigenvalue weighted by molar-refractivity contribution is -0.142. The Kier molecular flexibility index (Phi) is 6.73. The largest absolute Gasteiger partial charge is 0.468 e. The molecule has 33 heavy (non-hydrogen) atoms. The molecule has 1 aromatic carbocycles. The van der Waals surface area contributed by atoms with Crippen LogP contribution in [0.4, 0.5) is 5.82 Å². The zero-order valence-corrected chi connectivity index (χ0v) is 19.1. The number of carbonyl (C=O) groups is 1. The van der Waals surface area contributed by atoms with Gasteiger partial charge in [-0.05, 0) is 25.5 Å². The molecule has 0 aliphatic heterocycles. The van der Waals surface area contributed by atoms with E-state index in [1.165, 1.54) is 20.4 Å². The van der Waals surface area contributed by atoms with Crippen molar-refractivity contribution in [1.29, 1.82) is 0 Å². The molecule has 1 aliphatic rings. The van der Waals surface area contributed by atoms with Crippen LogP contribution in [0.5, 0.6) is 5.75 Å². The summed E-state index contributed by atoms with van der Waals surface area (Å²) in [5.74, 6) is 0.0527. The average Bonchev–Trinajstić information content (AvgIpc) is 3.45. The molecule has 0 fully saturated rings. The number of methoxy groups -OCH3 is 1. The molecule has 2 aromatic heterocycles. The van der Waals surface area contributed by atoms with Crippen molar-refractivity contribution in [2.45, 2.75) is 25.4 Å². The second-order valence-corrected chi connectivity index (χ2v) is 9.30. The third-order valence-electron chi connectivity index (χ3n) is 5.23. The Morgan fingerprint density at radius 2 is 2.06 bits per heavy atom. The highest BCUT2D eigenvalue weighted by atomic mass is 31.2. The number of nitrogens with zero attached hydrogens (tertiary/aromatic N) is 4. The first-order valence-electron chi connectivity index (χ1n) is 10.3. The minimum absolute atomic E-state index is 0.0192. The summed E-state index contributed by atoms with van der Waals surface area (Å²) in [4.78, 5) is 24.4. The molecule has 1 aliphatic carbocycles. The summed E-state index contributed by atoms with van der Waals surface area (Å²) < 4.78 is 31.5. The average molecular weight is 472 g/mol. The van der Waals surface area contributed by atoms with E-state index in [2.05, 4.69) is 20.0 Å². The molecule has 1 unspecified atom stereocenters. The van der Waals surface area contributed by atoms with E-state index in [1.54, 1.807) is 30.6 Å². The third kappa shape index (κ3) is 5.22. The fraction of sp³-hybridized carbons (Fsp3) is 0.333. The third-order valence-corrected chi connectivity index (χ3v) is 6.87. The highest BCUT2D eigenvalue weighted by molar-refractivity contribution is 7.52. The van der Waals surface area contributed by atoms with Crippen molar-refractivity contribution in [3.8, 4) is 5.75 Å². The number of imidazole rings is 1. The first-order valence-corrected chi connectivity index (χ1v) is 11.9. The molecule has 2 heterocycles. The Hall–Kier alpha value is -3.27. The number of anilines is 1. The van der Waals surface area contributed by atoms with Crippen molar-refractivity contribution in [1.82, 2.24) is 24.6 Å². The Bertz CT molecular complexity index is 1200. The summed E-state index contributed by atoms with van der Waals surface area (Å²) in [6.45, 7) is 1.64. The van der Waals surface area contributed by atoms with Gasteiger partial charge in [-0.3, -0.25) is 9.32 Å². The van der Waals surface area contributed by atoms with Crippen molar-refractivity contribution in [2.24, 2.45) is 5.92 Å². The van der Waals surface area contributed by atoms with Crippen molar-refractivity contribution in [3.63, 3.8) is 0 Å². The number of fused-ring (bicyclic) bond motifs is 1. The molecule has 0 spiro atoms. The molecule has 0 bridgehead atoms. The standard InChI is InChI=1S/C21H25N6O5P/c1-14(21(28)30-2)26-33(29,32-17-6-4-3-5-7-17)31-11-15-8-9-16(10-15)27-13-25-18-19(22)23-12-24-20(18)27/h3-9,12-16H,10-11H2,1-2H3,(H,26,29)(H2,22,23,24)/t14-,15+,16-,33?/m0/s1. The predicted octanol–water partition coefficient (Wildman–Crippen LogP) is 2.88. The highest BCUT2D eigenvalue weighted by Gasteiger charge is 2.34. The van der Waals surface area contributed by atoms with Gasteiger partial charge in [0.05, 0.1) is 26.1 Å². The summed E-state index contributed by atoms with van der Waals surface area (Å²) >= 11 is 0. The monoisotopic (exact) mass is 472 g/mol. The number of para-hydroxylation sites is 1. The Morgan fingerprint density at radius 1 is 1.27 bits per heavy atom. The lowest BCUT2D eigenvalue weighted by atomic mass is 10.1. The Labute approximate surface area is 190 Å². The number of nitrogens with one attached hydrogen (secondary N) is 1. The maximum Gasteiger partial charge on any atom is 0.459 e. The molecule has 0 radical (unpaired) electrons. The summed E-state index contributed by atoms with van der Waals surface area (Å²) in [6, 6.07) is 7.71. The number of nitrogen functional groups attached to an aromatic ring is 1. The molecule has 4 atom stereocenters. The van der Waals surface area contributed by atoms with Crippen LogP contribution in [0.2, 0.25) is 0 Å². The lowest BCUT2D eigenvalue weighted by Gasteiger charge is -2.23. The van der Waals surface area contributed by atoms with Crippen LogP contribution < -0.4 is 15.3 Å². The normalized spacial score (nSPS) is 20.4. The summed E-state index contributed by atoms with van der Waals surface area (Å²) in [6.07, 6.45) is 7.75. The molecule has 12 heteroatoms. The van der Waals surface area contributed by atoms with E-state index < -0.39 is 19.8 Å². The van der Waals surface area contributed by atoms with Crippen LogP contribution in [0.15, 0.2) is 55.1 Å². The quantitative estimate of drug-likeness (QED) is 0.271. The van der Waals surface area contributed by atoms with Gasteiger partial charge in [0.2, 0.25) is 0 Å². The van der Waals surface area contributed by atoms with E-state index in [0.29, 0.717) is 29.2 Å². The van der Waals surface area contributed by atoms with Crippen LogP contribution in [-0.4, -0.2) is 45.2 Å². The van der Waals surface area contributed by atoms with Gasteiger partial charge in [-0.25, -0.2) is 19.5 Å².